The first kappa shape index (κ1) is 23.8. The lowest BCUT2D eigenvalue weighted by atomic mass is 9.97. The summed E-state index contributed by atoms with van der Waals surface area (Å²) in [6, 6.07) is 15.0. The summed E-state index contributed by atoms with van der Waals surface area (Å²) in [5.41, 5.74) is 4.53. The largest absolute Gasteiger partial charge is 0.481 e. The highest BCUT2D eigenvalue weighted by Gasteiger charge is 2.37. The van der Waals surface area contributed by atoms with Crippen LogP contribution >= 0.6 is 0 Å². The van der Waals surface area contributed by atoms with E-state index in [0.717, 1.165) is 28.7 Å². The fourth-order valence-electron chi connectivity index (χ4n) is 5.17. The molecule has 0 heterocycles. The van der Waals surface area contributed by atoms with Crippen molar-refractivity contribution in [2.45, 2.75) is 57.5 Å². The molecular formula is C27H32N2O5. The van der Waals surface area contributed by atoms with Gasteiger partial charge in [0.05, 0.1) is 5.92 Å². The van der Waals surface area contributed by atoms with Gasteiger partial charge in [-0.15, -0.1) is 0 Å². The van der Waals surface area contributed by atoms with Crippen molar-refractivity contribution in [2.75, 3.05) is 6.61 Å². The van der Waals surface area contributed by atoms with Crippen molar-refractivity contribution in [3.8, 4) is 11.1 Å². The SMILES string of the molecule is CCC(C)[C@H](NC(=O)OCC1c2ccccc2-c2ccccc21)C(=O)NC1CCCC1C(=O)O. The van der Waals surface area contributed by atoms with E-state index in [9.17, 15) is 19.5 Å². The first-order valence-electron chi connectivity index (χ1n) is 12.0. The summed E-state index contributed by atoms with van der Waals surface area (Å²) in [6.45, 7) is 4.00. The van der Waals surface area contributed by atoms with Crippen molar-refractivity contribution >= 4 is 18.0 Å². The monoisotopic (exact) mass is 464 g/mol. The molecule has 0 bridgehead atoms. The van der Waals surface area contributed by atoms with Crippen LogP contribution in [-0.2, 0) is 14.3 Å². The Balaban J connectivity index is 1.41. The van der Waals surface area contributed by atoms with Gasteiger partial charge in [0.2, 0.25) is 5.91 Å². The Morgan fingerprint density at radius 1 is 1.03 bits per heavy atom. The highest BCUT2D eigenvalue weighted by molar-refractivity contribution is 5.87. The highest BCUT2D eigenvalue weighted by Crippen LogP contribution is 2.44. The van der Waals surface area contributed by atoms with Gasteiger partial charge >= 0.3 is 12.1 Å². The van der Waals surface area contributed by atoms with Crippen LogP contribution in [0.1, 0.15) is 56.6 Å². The molecular weight excluding hydrogens is 432 g/mol. The lowest BCUT2D eigenvalue weighted by molar-refractivity contribution is -0.142. The normalized spacial score (nSPS) is 20.6. The minimum Gasteiger partial charge on any atom is -0.481 e. The summed E-state index contributed by atoms with van der Waals surface area (Å²) >= 11 is 0. The zero-order valence-corrected chi connectivity index (χ0v) is 19.6. The standard InChI is InChI=1S/C27H32N2O5/c1-3-16(2)24(25(30)28-23-14-8-13-21(23)26(31)32)29-27(33)34-15-22-19-11-6-4-9-17(19)18-10-5-7-12-20(18)22/h4-7,9-12,16,21-24H,3,8,13-15H2,1-2H3,(H,28,30)(H,29,33)(H,31,32)/t16?,21?,23?,24-/m0/s1. The molecule has 0 spiro atoms. The summed E-state index contributed by atoms with van der Waals surface area (Å²) < 4.78 is 5.62. The number of carbonyl (C=O) groups is 3. The van der Waals surface area contributed by atoms with Gasteiger partial charge in [0.15, 0.2) is 0 Å². The molecule has 4 atom stereocenters. The van der Waals surface area contributed by atoms with Gasteiger partial charge in [-0.3, -0.25) is 9.59 Å². The number of rotatable bonds is 8. The lowest BCUT2D eigenvalue weighted by Crippen LogP contribution is -2.53. The minimum absolute atomic E-state index is 0.0659. The molecule has 7 heteroatoms. The number of carboxylic acids is 1. The van der Waals surface area contributed by atoms with Gasteiger partial charge < -0.3 is 20.5 Å². The van der Waals surface area contributed by atoms with Crippen molar-refractivity contribution in [1.82, 2.24) is 10.6 Å². The van der Waals surface area contributed by atoms with E-state index >= 15 is 0 Å². The molecule has 1 fully saturated rings. The van der Waals surface area contributed by atoms with E-state index < -0.39 is 30.1 Å². The summed E-state index contributed by atoms with van der Waals surface area (Å²) in [4.78, 5) is 37.3. The molecule has 34 heavy (non-hydrogen) atoms. The highest BCUT2D eigenvalue weighted by atomic mass is 16.5. The maximum Gasteiger partial charge on any atom is 0.407 e. The van der Waals surface area contributed by atoms with Crippen LogP contribution in [0.3, 0.4) is 0 Å². The number of aliphatic carboxylic acids is 1. The molecule has 7 nitrogen and oxygen atoms in total. The van der Waals surface area contributed by atoms with E-state index in [1.807, 2.05) is 38.1 Å². The quantitative estimate of drug-likeness (QED) is 0.540. The van der Waals surface area contributed by atoms with Gasteiger partial charge in [-0.1, -0.05) is 75.2 Å². The molecule has 2 amide bonds. The Morgan fingerprint density at radius 3 is 2.24 bits per heavy atom. The number of alkyl carbamates (subject to hydrolysis) is 1. The van der Waals surface area contributed by atoms with Crippen LogP contribution in [0.15, 0.2) is 48.5 Å². The van der Waals surface area contributed by atoms with Gasteiger partial charge in [-0.2, -0.15) is 0 Å². The smallest absolute Gasteiger partial charge is 0.407 e. The zero-order chi connectivity index (χ0) is 24.2. The third-order valence-electron chi connectivity index (χ3n) is 7.27. The number of carboxylic acid groups (broad SMARTS) is 1. The van der Waals surface area contributed by atoms with Gasteiger partial charge in [0.1, 0.15) is 12.6 Å². The van der Waals surface area contributed by atoms with Crippen LogP contribution in [0.4, 0.5) is 4.79 Å². The van der Waals surface area contributed by atoms with E-state index in [2.05, 4.69) is 34.9 Å². The average molecular weight is 465 g/mol. The molecule has 2 aliphatic carbocycles. The Hall–Kier alpha value is -3.35. The van der Waals surface area contributed by atoms with Gasteiger partial charge in [-0.05, 0) is 41.0 Å². The first-order valence-corrected chi connectivity index (χ1v) is 12.0. The van der Waals surface area contributed by atoms with Crippen LogP contribution in [0, 0.1) is 11.8 Å². The molecule has 2 aromatic carbocycles. The van der Waals surface area contributed by atoms with Gasteiger partial charge in [0, 0.05) is 12.0 Å². The molecule has 3 N–H and O–H groups in total. The summed E-state index contributed by atoms with van der Waals surface area (Å²) in [7, 11) is 0. The Kier molecular flexibility index (Phi) is 7.20. The Morgan fingerprint density at radius 2 is 1.65 bits per heavy atom. The third-order valence-corrected chi connectivity index (χ3v) is 7.27. The third kappa shape index (κ3) is 4.79. The number of hydrogen-bond donors (Lipinski definition) is 3. The summed E-state index contributed by atoms with van der Waals surface area (Å²) in [6.07, 6.45) is 1.96. The van der Waals surface area contributed by atoms with E-state index in [1.165, 1.54) is 0 Å². The molecule has 180 valence electrons. The van der Waals surface area contributed by atoms with Crippen molar-refractivity contribution < 1.29 is 24.2 Å². The predicted molar refractivity (Wildman–Crippen MR) is 128 cm³/mol. The molecule has 3 unspecified atom stereocenters. The fraction of sp³-hybridized carbons (Fsp3) is 0.444. The van der Waals surface area contributed by atoms with Crippen LogP contribution in [0.5, 0.6) is 0 Å². The Labute approximate surface area is 199 Å². The fourth-order valence-corrected chi connectivity index (χ4v) is 5.17. The Bertz CT molecular complexity index is 1020. The first-order chi connectivity index (χ1) is 16.4. The second-order valence-electron chi connectivity index (χ2n) is 9.32. The average Bonchev–Trinajstić information content (AvgIpc) is 3.43. The predicted octanol–water partition coefficient (Wildman–Crippen LogP) is 4.31. The number of fused-ring (bicyclic) bond motifs is 3. The van der Waals surface area contributed by atoms with Crippen molar-refractivity contribution in [3.05, 3.63) is 59.7 Å². The number of carbonyl (C=O) groups excluding carboxylic acids is 2. The van der Waals surface area contributed by atoms with E-state index in [-0.39, 0.29) is 24.3 Å². The van der Waals surface area contributed by atoms with Crippen LogP contribution in [-0.4, -0.2) is 41.8 Å². The number of hydrogen-bond acceptors (Lipinski definition) is 4. The number of amides is 2. The molecule has 2 aromatic rings. The van der Waals surface area contributed by atoms with E-state index in [1.54, 1.807) is 0 Å². The molecule has 1 saturated carbocycles. The number of nitrogens with one attached hydrogen (secondary N) is 2. The summed E-state index contributed by atoms with van der Waals surface area (Å²) in [5.74, 6) is -2.04. The molecule has 0 aliphatic heterocycles. The van der Waals surface area contributed by atoms with Gasteiger partial charge in [-0.25, -0.2) is 4.79 Å². The number of ether oxygens (including phenoxy) is 1. The van der Waals surface area contributed by atoms with Crippen molar-refractivity contribution in [1.29, 1.82) is 0 Å². The lowest BCUT2D eigenvalue weighted by Gasteiger charge is -2.26. The van der Waals surface area contributed by atoms with Crippen LogP contribution in [0.2, 0.25) is 0 Å². The second-order valence-corrected chi connectivity index (χ2v) is 9.32. The minimum atomic E-state index is -0.896. The molecule has 2 aliphatic rings. The topological polar surface area (TPSA) is 105 Å². The van der Waals surface area contributed by atoms with Crippen molar-refractivity contribution in [3.63, 3.8) is 0 Å². The number of benzene rings is 2. The van der Waals surface area contributed by atoms with E-state index in [4.69, 9.17) is 4.74 Å². The molecule has 0 aromatic heterocycles. The van der Waals surface area contributed by atoms with Crippen LogP contribution in [0.25, 0.3) is 11.1 Å². The van der Waals surface area contributed by atoms with Gasteiger partial charge in [0.25, 0.3) is 0 Å². The van der Waals surface area contributed by atoms with E-state index in [0.29, 0.717) is 19.3 Å². The molecule has 4 rings (SSSR count). The molecule has 0 saturated heterocycles. The second kappa shape index (κ2) is 10.3. The zero-order valence-electron chi connectivity index (χ0n) is 19.6. The summed E-state index contributed by atoms with van der Waals surface area (Å²) in [5, 5.41) is 15.0. The maximum absolute atomic E-state index is 13.0. The van der Waals surface area contributed by atoms with Crippen molar-refractivity contribution in [2.24, 2.45) is 11.8 Å². The molecule has 0 radical (unpaired) electrons. The maximum atomic E-state index is 13.0. The van der Waals surface area contributed by atoms with Crippen LogP contribution < -0.4 is 10.6 Å².